The van der Waals surface area contributed by atoms with Gasteiger partial charge in [-0.15, -0.1) is 5.10 Å². The predicted octanol–water partition coefficient (Wildman–Crippen LogP) is 0.997. The van der Waals surface area contributed by atoms with E-state index in [2.05, 4.69) is 15.6 Å². The van der Waals surface area contributed by atoms with E-state index in [1.54, 1.807) is 10.9 Å². The molecule has 0 aliphatic rings. The molecule has 0 aromatic carbocycles. The van der Waals surface area contributed by atoms with Crippen molar-refractivity contribution in [3.8, 4) is 0 Å². The van der Waals surface area contributed by atoms with E-state index >= 15 is 0 Å². The Balaban J connectivity index is 2.71. The van der Waals surface area contributed by atoms with Gasteiger partial charge in [0.15, 0.2) is 5.69 Å². The molecule has 78 valence electrons. The second kappa shape index (κ2) is 4.21. The van der Waals surface area contributed by atoms with Crippen LogP contribution in [0.25, 0.3) is 0 Å². The highest BCUT2D eigenvalue weighted by Crippen LogP contribution is 2.02. The Morgan fingerprint density at radius 2 is 2.07 bits per heavy atom. The van der Waals surface area contributed by atoms with E-state index in [4.69, 9.17) is 0 Å². The number of nitrogens with zero attached hydrogens (tertiary/aromatic N) is 3. The fourth-order valence-corrected chi connectivity index (χ4v) is 0.969. The largest absolute Gasteiger partial charge is 0.348 e. The molecule has 0 saturated heterocycles. The zero-order chi connectivity index (χ0) is 10.7. The first-order chi connectivity index (χ1) is 6.50. The Bertz CT molecular complexity index is 316. The topological polar surface area (TPSA) is 59.8 Å². The molecule has 1 N–H and O–H groups in total. The van der Waals surface area contributed by atoms with E-state index in [1.165, 1.54) is 0 Å². The average Bonchev–Trinajstić information content (AvgIpc) is 2.50. The zero-order valence-electron chi connectivity index (χ0n) is 8.98. The normalized spacial score (nSPS) is 11.0. The Morgan fingerprint density at radius 3 is 2.50 bits per heavy atom. The molecule has 1 rings (SSSR count). The average molecular weight is 196 g/mol. The lowest BCUT2D eigenvalue weighted by atomic mass is 10.3. The number of amides is 1. The molecule has 0 aliphatic heterocycles. The quantitative estimate of drug-likeness (QED) is 0.784. The lowest BCUT2D eigenvalue weighted by Gasteiger charge is -2.05. The van der Waals surface area contributed by atoms with Crippen molar-refractivity contribution in [3.05, 3.63) is 11.9 Å². The van der Waals surface area contributed by atoms with Crippen molar-refractivity contribution in [3.63, 3.8) is 0 Å². The van der Waals surface area contributed by atoms with Gasteiger partial charge in [0.2, 0.25) is 0 Å². The first-order valence-corrected chi connectivity index (χ1v) is 4.73. The van der Waals surface area contributed by atoms with Crippen molar-refractivity contribution in [2.45, 2.75) is 39.8 Å². The minimum atomic E-state index is -0.174. The molecule has 0 fully saturated rings. The summed E-state index contributed by atoms with van der Waals surface area (Å²) < 4.78 is 1.66. The van der Waals surface area contributed by atoms with E-state index in [0.717, 1.165) is 0 Å². The van der Waals surface area contributed by atoms with Crippen molar-refractivity contribution in [2.24, 2.45) is 0 Å². The van der Waals surface area contributed by atoms with Crippen LogP contribution in [0, 0.1) is 0 Å². The number of carbonyl (C=O) groups excluding carboxylic acids is 1. The molecule has 0 spiro atoms. The molecule has 0 atom stereocenters. The Kier molecular flexibility index (Phi) is 3.22. The van der Waals surface area contributed by atoms with Gasteiger partial charge in [0.25, 0.3) is 5.91 Å². The maximum Gasteiger partial charge on any atom is 0.273 e. The predicted molar refractivity (Wildman–Crippen MR) is 53.0 cm³/mol. The Morgan fingerprint density at radius 1 is 1.43 bits per heavy atom. The van der Waals surface area contributed by atoms with Gasteiger partial charge in [-0.3, -0.25) is 4.79 Å². The molecule has 1 amide bonds. The highest BCUT2D eigenvalue weighted by atomic mass is 16.2. The molecule has 0 radical (unpaired) electrons. The van der Waals surface area contributed by atoms with Gasteiger partial charge in [0.1, 0.15) is 0 Å². The van der Waals surface area contributed by atoms with Crippen LogP contribution in [0.4, 0.5) is 0 Å². The second-order valence-electron chi connectivity index (χ2n) is 3.81. The summed E-state index contributed by atoms with van der Waals surface area (Å²) in [6, 6.07) is 0.342. The maximum absolute atomic E-state index is 11.5. The fourth-order valence-electron chi connectivity index (χ4n) is 0.969. The van der Waals surface area contributed by atoms with Crippen LogP contribution in [0.5, 0.6) is 0 Å². The van der Waals surface area contributed by atoms with Crippen LogP contribution in [0.3, 0.4) is 0 Å². The number of aromatic nitrogens is 3. The molecule has 0 saturated carbocycles. The maximum atomic E-state index is 11.5. The van der Waals surface area contributed by atoms with Gasteiger partial charge in [-0.25, -0.2) is 4.68 Å². The summed E-state index contributed by atoms with van der Waals surface area (Å²) in [5.74, 6) is -0.174. The molecule has 1 heterocycles. The number of nitrogens with one attached hydrogen (secondary N) is 1. The summed E-state index contributed by atoms with van der Waals surface area (Å²) in [6.45, 7) is 7.78. The van der Waals surface area contributed by atoms with Crippen LogP contribution < -0.4 is 5.32 Å². The second-order valence-corrected chi connectivity index (χ2v) is 3.81. The van der Waals surface area contributed by atoms with Crippen molar-refractivity contribution in [1.29, 1.82) is 0 Å². The minimum Gasteiger partial charge on any atom is -0.348 e. The highest BCUT2D eigenvalue weighted by Gasteiger charge is 2.12. The van der Waals surface area contributed by atoms with Gasteiger partial charge in [0.05, 0.1) is 6.20 Å². The van der Waals surface area contributed by atoms with Gasteiger partial charge in [0, 0.05) is 12.1 Å². The Hall–Kier alpha value is -1.39. The van der Waals surface area contributed by atoms with Crippen molar-refractivity contribution in [2.75, 3.05) is 0 Å². The first kappa shape index (κ1) is 10.7. The number of rotatable bonds is 3. The molecule has 0 bridgehead atoms. The fraction of sp³-hybridized carbons (Fsp3) is 0.667. The molecular formula is C9H16N4O. The third-order valence-electron chi connectivity index (χ3n) is 1.69. The summed E-state index contributed by atoms with van der Waals surface area (Å²) in [5.41, 5.74) is 0.368. The summed E-state index contributed by atoms with van der Waals surface area (Å²) in [7, 11) is 0. The molecule has 5 nitrogen and oxygen atoms in total. The van der Waals surface area contributed by atoms with E-state index in [0.29, 0.717) is 5.69 Å². The third-order valence-corrected chi connectivity index (χ3v) is 1.69. The molecule has 14 heavy (non-hydrogen) atoms. The summed E-state index contributed by atoms with van der Waals surface area (Å²) in [5, 5.41) is 10.4. The Labute approximate surface area is 83.5 Å². The lowest BCUT2D eigenvalue weighted by Crippen LogP contribution is -2.30. The SMILES string of the molecule is CC(C)NC(=O)c1cn(C(C)C)nn1. The standard InChI is InChI=1S/C9H16N4O/c1-6(2)10-9(14)8-5-13(7(3)4)12-11-8/h5-7H,1-4H3,(H,10,14). The molecular weight excluding hydrogens is 180 g/mol. The zero-order valence-corrected chi connectivity index (χ0v) is 8.98. The lowest BCUT2D eigenvalue weighted by molar-refractivity contribution is 0.0938. The van der Waals surface area contributed by atoms with Crippen LogP contribution in [-0.2, 0) is 0 Å². The van der Waals surface area contributed by atoms with E-state index in [-0.39, 0.29) is 18.0 Å². The van der Waals surface area contributed by atoms with Crippen LogP contribution in [-0.4, -0.2) is 26.9 Å². The number of carbonyl (C=O) groups is 1. The van der Waals surface area contributed by atoms with Gasteiger partial charge in [-0.05, 0) is 27.7 Å². The van der Waals surface area contributed by atoms with Gasteiger partial charge in [-0.1, -0.05) is 5.21 Å². The van der Waals surface area contributed by atoms with E-state index < -0.39 is 0 Å². The van der Waals surface area contributed by atoms with Crippen LogP contribution >= 0.6 is 0 Å². The van der Waals surface area contributed by atoms with Gasteiger partial charge in [-0.2, -0.15) is 0 Å². The van der Waals surface area contributed by atoms with Crippen molar-refractivity contribution < 1.29 is 4.79 Å². The molecule has 5 heteroatoms. The van der Waals surface area contributed by atoms with Crippen molar-refractivity contribution in [1.82, 2.24) is 20.3 Å². The van der Waals surface area contributed by atoms with Crippen LogP contribution in [0.15, 0.2) is 6.20 Å². The third kappa shape index (κ3) is 2.55. The first-order valence-electron chi connectivity index (χ1n) is 4.73. The smallest absolute Gasteiger partial charge is 0.273 e. The van der Waals surface area contributed by atoms with E-state index in [1.807, 2.05) is 27.7 Å². The monoisotopic (exact) mass is 196 g/mol. The van der Waals surface area contributed by atoms with Crippen LogP contribution in [0.2, 0.25) is 0 Å². The molecule has 1 aromatic rings. The van der Waals surface area contributed by atoms with Crippen LogP contribution in [0.1, 0.15) is 44.2 Å². The number of hydrogen-bond donors (Lipinski definition) is 1. The molecule has 1 aromatic heterocycles. The summed E-state index contributed by atoms with van der Waals surface area (Å²) >= 11 is 0. The summed E-state index contributed by atoms with van der Waals surface area (Å²) in [4.78, 5) is 11.5. The minimum absolute atomic E-state index is 0.117. The van der Waals surface area contributed by atoms with Gasteiger partial charge >= 0.3 is 0 Å². The summed E-state index contributed by atoms with van der Waals surface area (Å²) in [6.07, 6.45) is 1.66. The van der Waals surface area contributed by atoms with Gasteiger partial charge < -0.3 is 5.32 Å². The molecule has 0 aliphatic carbocycles. The highest BCUT2D eigenvalue weighted by molar-refractivity contribution is 5.91. The number of hydrogen-bond acceptors (Lipinski definition) is 3. The van der Waals surface area contributed by atoms with Crippen molar-refractivity contribution >= 4 is 5.91 Å². The molecule has 0 unspecified atom stereocenters. The van der Waals surface area contributed by atoms with E-state index in [9.17, 15) is 4.79 Å².